The molecule has 2 aliphatic heterocycles. The van der Waals surface area contributed by atoms with Crippen LogP contribution in [0.5, 0.6) is 0 Å². The predicted octanol–water partition coefficient (Wildman–Crippen LogP) is 4.07. The molecule has 1 aromatic heterocycles. The molecule has 4 rings (SSSR count). The van der Waals surface area contributed by atoms with Gasteiger partial charge in [-0.05, 0) is 73.1 Å². The van der Waals surface area contributed by atoms with Crippen molar-refractivity contribution < 1.29 is 0 Å². The lowest BCUT2D eigenvalue weighted by Gasteiger charge is -2.33. The van der Waals surface area contributed by atoms with Gasteiger partial charge in [0.15, 0.2) is 0 Å². The third kappa shape index (κ3) is 2.27. The third-order valence-corrected chi connectivity index (χ3v) is 8.06. The van der Waals surface area contributed by atoms with Gasteiger partial charge < -0.3 is 14.8 Å². The zero-order valence-corrected chi connectivity index (χ0v) is 17.1. The van der Waals surface area contributed by atoms with Gasteiger partial charge >= 0.3 is 0 Å². The van der Waals surface area contributed by atoms with E-state index in [0.717, 1.165) is 57.5 Å². The second-order valence-corrected chi connectivity index (χ2v) is 8.46. The molecule has 0 bridgehead atoms. The number of imidazole rings is 1. The zero-order valence-electron chi connectivity index (χ0n) is 12.3. The van der Waals surface area contributed by atoms with Gasteiger partial charge in [0.1, 0.15) is 5.52 Å². The molecule has 22 heavy (non-hydrogen) atoms. The van der Waals surface area contributed by atoms with Crippen LogP contribution in [0.25, 0.3) is 11.0 Å². The van der Waals surface area contributed by atoms with Crippen LogP contribution in [-0.4, -0.2) is 35.2 Å². The number of aryl methyl sites for hydroxylation is 2. The number of anilines is 1. The van der Waals surface area contributed by atoms with E-state index in [1.54, 1.807) is 0 Å². The summed E-state index contributed by atoms with van der Waals surface area (Å²) in [5.74, 6) is 1.12. The average Bonchev–Trinajstić information content (AvgIpc) is 2.91. The molecule has 7 heteroatoms. The predicted molar refractivity (Wildman–Crippen MR) is 101 cm³/mol. The summed E-state index contributed by atoms with van der Waals surface area (Å²) in [5.41, 5.74) is 3.73. The maximum absolute atomic E-state index is 5.01. The Morgan fingerprint density at radius 1 is 1.14 bits per heavy atom. The summed E-state index contributed by atoms with van der Waals surface area (Å²) in [4.78, 5) is 7.43. The SMILES string of the molecule is CC1CN(c2nc3c(Br)c(Br)c(Br)c4c3n2CCC4)CCN1. The van der Waals surface area contributed by atoms with Crippen molar-refractivity contribution >= 4 is 64.8 Å². The van der Waals surface area contributed by atoms with Crippen molar-refractivity contribution in [1.29, 1.82) is 0 Å². The highest BCUT2D eigenvalue weighted by Gasteiger charge is 2.28. The summed E-state index contributed by atoms with van der Waals surface area (Å²) < 4.78 is 5.69. The minimum absolute atomic E-state index is 0.506. The molecule has 1 unspecified atom stereocenters. The summed E-state index contributed by atoms with van der Waals surface area (Å²) in [6.07, 6.45) is 2.27. The number of rotatable bonds is 1. The first-order valence-corrected chi connectivity index (χ1v) is 9.99. The van der Waals surface area contributed by atoms with Crippen molar-refractivity contribution in [3.63, 3.8) is 0 Å². The van der Waals surface area contributed by atoms with E-state index in [1.807, 2.05) is 0 Å². The van der Waals surface area contributed by atoms with Crippen LogP contribution in [0.15, 0.2) is 13.4 Å². The number of piperazine rings is 1. The highest BCUT2D eigenvalue weighted by Crippen LogP contribution is 2.44. The molecule has 2 aromatic rings. The fraction of sp³-hybridized carbons (Fsp3) is 0.533. The first-order chi connectivity index (χ1) is 10.6. The van der Waals surface area contributed by atoms with Crippen molar-refractivity contribution in [3.05, 3.63) is 19.0 Å². The molecule has 0 saturated carbocycles. The Hall–Kier alpha value is -0.110. The maximum Gasteiger partial charge on any atom is 0.206 e. The molecule has 1 aromatic carbocycles. The molecule has 0 spiro atoms. The van der Waals surface area contributed by atoms with Crippen LogP contribution in [0.4, 0.5) is 5.95 Å². The molecule has 1 N–H and O–H groups in total. The van der Waals surface area contributed by atoms with Gasteiger partial charge in [-0.15, -0.1) is 0 Å². The molecule has 0 amide bonds. The minimum atomic E-state index is 0.506. The van der Waals surface area contributed by atoms with Gasteiger partial charge in [-0.1, -0.05) is 0 Å². The Bertz CT molecular complexity index is 755. The van der Waals surface area contributed by atoms with E-state index in [4.69, 9.17) is 4.98 Å². The quantitative estimate of drug-likeness (QED) is 0.609. The van der Waals surface area contributed by atoms with Gasteiger partial charge in [0, 0.05) is 41.2 Å². The Balaban J connectivity index is 1.95. The molecule has 4 nitrogen and oxygen atoms in total. The van der Waals surface area contributed by atoms with Gasteiger partial charge in [0.05, 0.1) is 9.99 Å². The van der Waals surface area contributed by atoms with Gasteiger partial charge in [0.25, 0.3) is 0 Å². The summed E-state index contributed by atoms with van der Waals surface area (Å²) in [7, 11) is 0. The van der Waals surface area contributed by atoms with Crippen LogP contribution in [0, 0.1) is 0 Å². The molecule has 1 saturated heterocycles. The van der Waals surface area contributed by atoms with Crippen LogP contribution < -0.4 is 10.2 Å². The lowest BCUT2D eigenvalue weighted by atomic mass is 10.0. The van der Waals surface area contributed by atoms with Crippen molar-refractivity contribution in [2.24, 2.45) is 0 Å². The number of halogens is 3. The van der Waals surface area contributed by atoms with E-state index < -0.39 is 0 Å². The molecular weight excluding hydrogens is 476 g/mol. The monoisotopic (exact) mass is 490 g/mol. The molecular formula is C15H17Br3N4. The van der Waals surface area contributed by atoms with E-state index >= 15 is 0 Å². The number of nitrogens with one attached hydrogen (secondary N) is 1. The normalized spacial score (nSPS) is 21.6. The van der Waals surface area contributed by atoms with Gasteiger partial charge in [-0.2, -0.15) is 0 Å². The summed E-state index contributed by atoms with van der Waals surface area (Å²) in [5, 5.41) is 3.50. The van der Waals surface area contributed by atoms with Crippen molar-refractivity contribution in [3.8, 4) is 0 Å². The van der Waals surface area contributed by atoms with E-state index in [1.165, 1.54) is 17.5 Å². The zero-order chi connectivity index (χ0) is 15.4. The van der Waals surface area contributed by atoms with Gasteiger partial charge in [-0.3, -0.25) is 0 Å². The Morgan fingerprint density at radius 3 is 2.73 bits per heavy atom. The Labute approximate surface area is 155 Å². The minimum Gasteiger partial charge on any atom is -0.339 e. The molecule has 1 fully saturated rings. The topological polar surface area (TPSA) is 33.1 Å². The lowest BCUT2D eigenvalue weighted by molar-refractivity contribution is 0.472. The number of hydrogen-bond acceptors (Lipinski definition) is 3. The van der Waals surface area contributed by atoms with Gasteiger partial charge in [0.2, 0.25) is 5.95 Å². The van der Waals surface area contributed by atoms with Crippen LogP contribution in [0.1, 0.15) is 18.9 Å². The maximum atomic E-state index is 5.01. The first-order valence-electron chi connectivity index (χ1n) is 7.62. The number of benzene rings is 1. The average molecular weight is 493 g/mol. The van der Waals surface area contributed by atoms with Crippen LogP contribution >= 0.6 is 47.8 Å². The second-order valence-electron chi connectivity index (χ2n) is 6.09. The smallest absolute Gasteiger partial charge is 0.206 e. The van der Waals surface area contributed by atoms with Crippen LogP contribution in [0.2, 0.25) is 0 Å². The molecule has 118 valence electrons. The summed E-state index contributed by atoms with van der Waals surface area (Å²) in [6.45, 7) is 6.34. The fourth-order valence-corrected chi connectivity index (χ4v) is 5.30. The number of hydrogen-bond donors (Lipinski definition) is 1. The van der Waals surface area contributed by atoms with Crippen LogP contribution in [0.3, 0.4) is 0 Å². The fourth-order valence-electron chi connectivity index (χ4n) is 3.55. The Kier molecular flexibility index (Phi) is 4.03. The van der Waals surface area contributed by atoms with E-state index in [2.05, 4.69) is 69.5 Å². The van der Waals surface area contributed by atoms with Crippen molar-refractivity contribution in [1.82, 2.24) is 14.9 Å². The van der Waals surface area contributed by atoms with Crippen molar-refractivity contribution in [2.45, 2.75) is 32.4 Å². The van der Waals surface area contributed by atoms with Crippen LogP contribution in [-0.2, 0) is 13.0 Å². The molecule has 0 aliphatic carbocycles. The second kappa shape index (κ2) is 5.76. The van der Waals surface area contributed by atoms with E-state index in [0.29, 0.717) is 6.04 Å². The number of nitrogens with zero attached hydrogens (tertiary/aromatic N) is 3. The highest BCUT2D eigenvalue weighted by atomic mass is 79.9. The first kappa shape index (κ1) is 15.4. The third-order valence-electron chi connectivity index (χ3n) is 4.55. The standard InChI is InChI=1S/C15H17Br3N4/c1-8-7-21(6-4-19-8)15-20-13-12(18)11(17)10(16)9-3-2-5-22(15)14(9)13/h8,19H,2-7H2,1H3. The highest BCUT2D eigenvalue weighted by molar-refractivity contribution is 9.14. The summed E-state index contributed by atoms with van der Waals surface area (Å²) >= 11 is 11.2. The van der Waals surface area contributed by atoms with Crippen molar-refractivity contribution in [2.75, 3.05) is 24.5 Å². The molecule has 0 radical (unpaired) electrons. The summed E-state index contributed by atoms with van der Waals surface area (Å²) in [6, 6.07) is 0.506. The molecule has 2 aliphatic rings. The largest absolute Gasteiger partial charge is 0.339 e. The van der Waals surface area contributed by atoms with E-state index in [-0.39, 0.29) is 0 Å². The molecule has 1 atom stereocenters. The number of aromatic nitrogens is 2. The molecule has 3 heterocycles. The lowest BCUT2D eigenvalue weighted by Crippen LogP contribution is -2.50. The Morgan fingerprint density at radius 2 is 1.95 bits per heavy atom. The van der Waals surface area contributed by atoms with E-state index in [9.17, 15) is 0 Å². The van der Waals surface area contributed by atoms with Gasteiger partial charge in [-0.25, -0.2) is 4.98 Å².